The quantitative estimate of drug-likeness (QED) is 0.153. The molecule has 1 amide bonds. The molecule has 0 radical (unpaired) electrons. The molecule has 0 unspecified atom stereocenters. The number of aromatic nitrogens is 3. The number of benzene rings is 3. The fraction of sp³-hybridized carbons (Fsp3) is 0.219. The number of rotatable bonds is 7. The average Bonchev–Trinajstić information content (AvgIpc) is 3.44. The first kappa shape index (κ1) is 27.4. The second kappa shape index (κ2) is 11.6. The van der Waals surface area contributed by atoms with Crippen LogP contribution in [0.15, 0.2) is 78.9 Å². The maximum Gasteiger partial charge on any atom is 0.276 e. The molecule has 1 N–H and O–H groups in total. The summed E-state index contributed by atoms with van der Waals surface area (Å²) in [7, 11) is 0. The minimum atomic E-state index is -0.526. The highest BCUT2D eigenvalue weighted by atomic mass is 35.5. The van der Waals surface area contributed by atoms with Crippen molar-refractivity contribution in [3.8, 4) is 22.8 Å². The van der Waals surface area contributed by atoms with E-state index in [1.165, 1.54) is 18.6 Å². The van der Waals surface area contributed by atoms with Crippen molar-refractivity contribution in [1.29, 1.82) is 0 Å². The predicted octanol–water partition coefficient (Wildman–Crippen LogP) is 8.36. The van der Waals surface area contributed by atoms with Crippen LogP contribution in [-0.4, -0.2) is 25.4 Å². The van der Waals surface area contributed by atoms with E-state index in [1.54, 1.807) is 28.8 Å². The van der Waals surface area contributed by atoms with Crippen LogP contribution in [0.3, 0.4) is 0 Å². The van der Waals surface area contributed by atoms with Gasteiger partial charge in [0.15, 0.2) is 11.3 Å². The summed E-state index contributed by atoms with van der Waals surface area (Å²) in [6.07, 6.45) is 5.54. The van der Waals surface area contributed by atoms with Gasteiger partial charge in [-0.3, -0.25) is 14.9 Å². The molecular formula is C32H28ClN5O4. The van der Waals surface area contributed by atoms with Crippen LogP contribution in [0.5, 0.6) is 11.5 Å². The molecule has 0 bridgehead atoms. The van der Waals surface area contributed by atoms with Gasteiger partial charge in [-0.1, -0.05) is 61.2 Å². The van der Waals surface area contributed by atoms with Gasteiger partial charge in [-0.2, -0.15) is 5.10 Å². The van der Waals surface area contributed by atoms with E-state index >= 15 is 0 Å². The first-order valence-corrected chi connectivity index (χ1v) is 14.2. The third-order valence-electron chi connectivity index (χ3n) is 7.51. The third kappa shape index (κ3) is 5.82. The van der Waals surface area contributed by atoms with Gasteiger partial charge < -0.3 is 10.1 Å². The van der Waals surface area contributed by atoms with Crippen LogP contribution in [0, 0.1) is 17.0 Å². The van der Waals surface area contributed by atoms with Crippen molar-refractivity contribution in [2.75, 3.05) is 5.32 Å². The summed E-state index contributed by atoms with van der Waals surface area (Å²) in [5.74, 6) is 0.612. The lowest BCUT2D eigenvalue weighted by molar-refractivity contribution is -0.384. The molecule has 0 aliphatic heterocycles. The number of anilines is 1. The Hall–Kier alpha value is -4.76. The number of ether oxygens (including phenoxy) is 1. The van der Waals surface area contributed by atoms with Crippen molar-refractivity contribution in [2.24, 2.45) is 0 Å². The molecule has 1 saturated carbocycles. The summed E-state index contributed by atoms with van der Waals surface area (Å²) in [5, 5.41) is 19.6. The number of nitro groups is 1. The summed E-state index contributed by atoms with van der Waals surface area (Å²) in [6.45, 7) is 1.89. The Morgan fingerprint density at radius 3 is 2.57 bits per heavy atom. The van der Waals surface area contributed by atoms with Gasteiger partial charge in [0, 0.05) is 34.5 Å². The van der Waals surface area contributed by atoms with Crippen molar-refractivity contribution >= 4 is 34.5 Å². The molecule has 0 spiro atoms. The van der Waals surface area contributed by atoms with E-state index in [2.05, 4.69) is 15.4 Å². The summed E-state index contributed by atoms with van der Waals surface area (Å²) in [4.78, 5) is 29.2. The molecule has 1 fully saturated rings. The molecule has 1 aliphatic rings. The average molecular weight is 582 g/mol. The van der Waals surface area contributed by atoms with Crippen LogP contribution in [0.4, 0.5) is 11.4 Å². The number of carbonyl (C=O) groups is 1. The Labute approximate surface area is 247 Å². The minimum Gasteiger partial charge on any atom is -0.457 e. The highest BCUT2D eigenvalue weighted by Crippen LogP contribution is 2.41. The first-order chi connectivity index (χ1) is 20.3. The van der Waals surface area contributed by atoms with Crippen LogP contribution in [-0.2, 0) is 0 Å². The van der Waals surface area contributed by atoms with Crippen molar-refractivity contribution in [3.63, 3.8) is 0 Å². The van der Waals surface area contributed by atoms with Gasteiger partial charge in [-0.05, 0) is 55.5 Å². The highest BCUT2D eigenvalue weighted by Gasteiger charge is 2.22. The molecular weight excluding hydrogens is 554 g/mol. The SMILES string of the molecule is Cc1cc(-c2ccccc2)nc2cc(C(=O)Nc3cc(Oc4ccc(Cl)cc4C4CCCCC4)cc([N+](=O)[O-])c3)nn12. The summed E-state index contributed by atoms with van der Waals surface area (Å²) in [6, 6.07) is 22.9. The normalized spacial score (nSPS) is 13.7. The van der Waals surface area contributed by atoms with Crippen LogP contribution in [0.2, 0.25) is 5.02 Å². The number of carbonyl (C=O) groups excluding carboxylic acids is 1. The van der Waals surface area contributed by atoms with Crippen molar-refractivity contribution < 1.29 is 14.5 Å². The zero-order valence-electron chi connectivity index (χ0n) is 22.9. The Morgan fingerprint density at radius 2 is 1.81 bits per heavy atom. The second-order valence-corrected chi connectivity index (χ2v) is 10.9. The van der Waals surface area contributed by atoms with E-state index in [0.717, 1.165) is 48.2 Å². The Bertz CT molecular complexity index is 1800. The van der Waals surface area contributed by atoms with Crippen LogP contribution in [0.1, 0.15) is 59.8 Å². The fourth-order valence-corrected chi connectivity index (χ4v) is 5.66. The van der Waals surface area contributed by atoms with Gasteiger partial charge in [0.25, 0.3) is 11.6 Å². The topological polar surface area (TPSA) is 112 Å². The Balaban J connectivity index is 1.28. The lowest BCUT2D eigenvalue weighted by Gasteiger charge is -2.24. The number of nitrogens with zero attached hydrogens (tertiary/aromatic N) is 4. The molecule has 42 heavy (non-hydrogen) atoms. The maximum atomic E-state index is 13.3. The molecule has 3 aromatic carbocycles. The molecule has 0 saturated heterocycles. The molecule has 1 aliphatic carbocycles. The van der Waals surface area contributed by atoms with Gasteiger partial charge in [0.05, 0.1) is 22.4 Å². The summed E-state index contributed by atoms with van der Waals surface area (Å²) >= 11 is 6.32. The number of nitro benzene ring substituents is 1. The predicted molar refractivity (Wildman–Crippen MR) is 162 cm³/mol. The monoisotopic (exact) mass is 581 g/mol. The lowest BCUT2D eigenvalue weighted by Crippen LogP contribution is -2.13. The van der Waals surface area contributed by atoms with Crippen molar-refractivity contribution in [3.05, 3.63) is 111 Å². The Kier molecular flexibility index (Phi) is 7.58. The Morgan fingerprint density at radius 1 is 1.02 bits per heavy atom. The number of hydrogen-bond acceptors (Lipinski definition) is 6. The zero-order chi connectivity index (χ0) is 29.2. The first-order valence-electron chi connectivity index (χ1n) is 13.8. The van der Waals surface area contributed by atoms with E-state index < -0.39 is 10.8 Å². The number of amides is 1. The lowest BCUT2D eigenvalue weighted by atomic mass is 9.84. The maximum absolute atomic E-state index is 13.3. The molecule has 6 rings (SSSR count). The molecule has 2 heterocycles. The smallest absolute Gasteiger partial charge is 0.276 e. The number of fused-ring (bicyclic) bond motifs is 1. The largest absolute Gasteiger partial charge is 0.457 e. The molecule has 9 nitrogen and oxygen atoms in total. The van der Waals surface area contributed by atoms with Crippen molar-refractivity contribution in [1.82, 2.24) is 14.6 Å². The second-order valence-electron chi connectivity index (χ2n) is 10.5. The van der Waals surface area contributed by atoms with E-state index in [4.69, 9.17) is 16.3 Å². The van der Waals surface area contributed by atoms with E-state index in [9.17, 15) is 14.9 Å². The number of hydrogen-bond donors (Lipinski definition) is 1. The van der Waals surface area contributed by atoms with Gasteiger partial charge >= 0.3 is 0 Å². The van der Waals surface area contributed by atoms with Crippen LogP contribution < -0.4 is 10.1 Å². The van der Waals surface area contributed by atoms with E-state index in [0.29, 0.717) is 22.3 Å². The van der Waals surface area contributed by atoms with Crippen LogP contribution in [0.25, 0.3) is 16.9 Å². The number of halogens is 1. The van der Waals surface area contributed by atoms with E-state index in [-0.39, 0.29) is 22.8 Å². The molecule has 2 aromatic heterocycles. The molecule has 212 valence electrons. The van der Waals surface area contributed by atoms with Gasteiger partial charge in [-0.15, -0.1) is 0 Å². The standard InChI is InChI=1S/C32H28ClN5O4/c1-20-14-28(22-10-6-3-7-11-22)35-31-19-29(36-37(20)31)32(39)34-24-16-25(38(40)41)18-26(17-24)42-30-13-12-23(33)15-27(30)21-8-4-2-5-9-21/h3,6-7,10-19,21H,2,4-5,8-9H2,1H3,(H,34,39). The van der Waals surface area contributed by atoms with Gasteiger partial charge in [0.2, 0.25) is 0 Å². The van der Waals surface area contributed by atoms with Gasteiger partial charge in [0.1, 0.15) is 11.5 Å². The number of non-ortho nitro benzene ring substituents is 1. The molecule has 5 aromatic rings. The number of nitrogens with one attached hydrogen (secondary N) is 1. The summed E-state index contributed by atoms with van der Waals surface area (Å²) < 4.78 is 7.81. The highest BCUT2D eigenvalue weighted by molar-refractivity contribution is 6.30. The molecule has 10 heteroatoms. The van der Waals surface area contributed by atoms with Crippen LogP contribution >= 0.6 is 11.6 Å². The van der Waals surface area contributed by atoms with Gasteiger partial charge in [-0.25, -0.2) is 9.50 Å². The zero-order valence-corrected chi connectivity index (χ0v) is 23.7. The molecule has 0 atom stereocenters. The van der Waals surface area contributed by atoms with E-state index in [1.807, 2.05) is 49.4 Å². The summed E-state index contributed by atoms with van der Waals surface area (Å²) in [5.41, 5.74) is 4.15. The number of aryl methyl sites for hydroxylation is 1. The van der Waals surface area contributed by atoms with Crippen molar-refractivity contribution in [2.45, 2.75) is 44.9 Å². The fourth-order valence-electron chi connectivity index (χ4n) is 5.48. The third-order valence-corrected chi connectivity index (χ3v) is 7.75. The minimum absolute atomic E-state index is 0.127.